The number of hydrogen-bond donors (Lipinski definition) is 0. The number of ether oxygens (including phenoxy) is 1. The Hall–Kier alpha value is -0.0400. The first-order chi connectivity index (χ1) is 5.35. The summed E-state index contributed by atoms with van der Waals surface area (Å²) < 4.78 is 5.42. The average molecular weight is 158 g/mol. The molecule has 0 aromatic rings. The van der Waals surface area contributed by atoms with Gasteiger partial charge in [-0.2, -0.15) is 0 Å². The Morgan fingerprint density at radius 3 is 2.09 bits per heavy atom. The summed E-state index contributed by atoms with van der Waals surface area (Å²) in [5.74, 6) is 0.881. The van der Waals surface area contributed by atoms with E-state index in [-0.39, 0.29) is 0 Å². The molecule has 68 valence electrons. The molecule has 0 bridgehead atoms. The fourth-order valence-electron chi connectivity index (χ4n) is 1.19. The summed E-state index contributed by atoms with van der Waals surface area (Å²) in [4.78, 5) is 0. The van der Waals surface area contributed by atoms with Crippen LogP contribution in [0.5, 0.6) is 0 Å². The van der Waals surface area contributed by atoms with Gasteiger partial charge >= 0.3 is 0 Å². The smallest absolute Gasteiger partial charge is 0.0468 e. The van der Waals surface area contributed by atoms with Gasteiger partial charge in [0.05, 0.1) is 0 Å². The lowest BCUT2D eigenvalue weighted by molar-refractivity contribution is 0.119. The van der Waals surface area contributed by atoms with Crippen LogP contribution in [0.1, 0.15) is 46.5 Å². The van der Waals surface area contributed by atoms with Gasteiger partial charge in [0, 0.05) is 13.2 Å². The topological polar surface area (TPSA) is 9.23 Å². The predicted octanol–water partition coefficient (Wildman–Crippen LogP) is 3.24. The zero-order valence-corrected chi connectivity index (χ0v) is 8.23. The van der Waals surface area contributed by atoms with Crippen molar-refractivity contribution in [3.63, 3.8) is 0 Å². The van der Waals surface area contributed by atoms with E-state index >= 15 is 0 Å². The molecule has 0 fully saturated rings. The maximum absolute atomic E-state index is 5.42. The highest BCUT2D eigenvalue weighted by molar-refractivity contribution is 4.53. The molecule has 0 aliphatic rings. The first kappa shape index (κ1) is 11.0. The standard InChI is InChI=1S/C10H22O/c1-4-8-11-9-7-10(5-2)6-3/h10H,4-9H2,1-3H3. The average Bonchev–Trinajstić information content (AvgIpc) is 2.05. The van der Waals surface area contributed by atoms with Gasteiger partial charge in [-0.1, -0.05) is 33.6 Å². The molecule has 0 N–H and O–H groups in total. The molecule has 0 amide bonds. The molecule has 1 heteroatoms. The van der Waals surface area contributed by atoms with Gasteiger partial charge in [0.2, 0.25) is 0 Å². The maximum atomic E-state index is 5.42. The molecule has 0 saturated heterocycles. The third-order valence-electron chi connectivity index (χ3n) is 2.17. The Morgan fingerprint density at radius 1 is 1.00 bits per heavy atom. The van der Waals surface area contributed by atoms with Gasteiger partial charge in [-0.05, 0) is 18.8 Å². The summed E-state index contributed by atoms with van der Waals surface area (Å²) in [6.45, 7) is 8.55. The van der Waals surface area contributed by atoms with E-state index in [2.05, 4.69) is 20.8 Å². The normalized spacial score (nSPS) is 10.9. The van der Waals surface area contributed by atoms with E-state index in [1.54, 1.807) is 0 Å². The van der Waals surface area contributed by atoms with Crippen LogP contribution < -0.4 is 0 Å². The molecular weight excluding hydrogens is 136 g/mol. The molecule has 0 aromatic heterocycles. The number of hydrogen-bond acceptors (Lipinski definition) is 1. The van der Waals surface area contributed by atoms with Crippen molar-refractivity contribution in [2.75, 3.05) is 13.2 Å². The van der Waals surface area contributed by atoms with Crippen molar-refractivity contribution in [2.45, 2.75) is 46.5 Å². The van der Waals surface area contributed by atoms with E-state index in [1.165, 1.54) is 19.3 Å². The molecule has 0 saturated carbocycles. The highest BCUT2D eigenvalue weighted by atomic mass is 16.5. The van der Waals surface area contributed by atoms with Crippen LogP contribution in [0.15, 0.2) is 0 Å². The van der Waals surface area contributed by atoms with Crippen LogP contribution in [-0.4, -0.2) is 13.2 Å². The molecule has 0 heterocycles. The third kappa shape index (κ3) is 6.36. The summed E-state index contributed by atoms with van der Waals surface area (Å²) in [6, 6.07) is 0. The van der Waals surface area contributed by atoms with Crippen molar-refractivity contribution < 1.29 is 4.74 Å². The molecule has 0 aromatic carbocycles. The number of rotatable bonds is 7. The zero-order chi connectivity index (χ0) is 8.53. The van der Waals surface area contributed by atoms with Crippen LogP contribution in [0.25, 0.3) is 0 Å². The molecule has 11 heavy (non-hydrogen) atoms. The molecule has 0 atom stereocenters. The first-order valence-electron chi connectivity index (χ1n) is 4.92. The lowest BCUT2D eigenvalue weighted by atomic mass is 10.0. The van der Waals surface area contributed by atoms with Gasteiger partial charge in [0.15, 0.2) is 0 Å². The van der Waals surface area contributed by atoms with Crippen LogP contribution >= 0.6 is 0 Å². The summed E-state index contributed by atoms with van der Waals surface area (Å²) in [7, 11) is 0. The van der Waals surface area contributed by atoms with Crippen molar-refractivity contribution in [2.24, 2.45) is 5.92 Å². The predicted molar refractivity (Wildman–Crippen MR) is 49.8 cm³/mol. The Labute approximate surface area is 71.1 Å². The summed E-state index contributed by atoms with van der Waals surface area (Å²) in [5.41, 5.74) is 0. The molecular formula is C10H22O. The molecule has 0 radical (unpaired) electrons. The fourth-order valence-corrected chi connectivity index (χ4v) is 1.19. The molecule has 0 unspecified atom stereocenters. The van der Waals surface area contributed by atoms with Gasteiger partial charge in [-0.3, -0.25) is 0 Å². The lowest BCUT2D eigenvalue weighted by Crippen LogP contribution is -2.03. The van der Waals surface area contributed by atoms with Crippen molar-refractivity contribution in [3.05, 3.63) is 0 Å². The van der Waals surface area contributed by atoms with Crippen LogP contribution in [0.2, 0.25) is 0 Å². The fraction of sp³-hybridized carbons (Fsp3) is 1.00. The van der Waals surface area contributed by atoms with Gasteiger partial charge < -0.3 is 4.74 Å². The van der Waals surface area contributed by atoms with E-state index in [0.717, 1.165) is 25.6 Å². The first-order valence-corrected chi connectivity index (χ1v) is 4.92. The van der Waals surface area contributed by atoms with E-state index in [4.69, 9.17) is 4.74 Å². The van der Waals surface area contributed by atoms with Crippen molar-refractivity contribution >= 4 is 0 Å². The summed E-state index contributed by atoms with van der Waals surface area (Å²) in [6.07, 6.45) is 4.98. The Morgan fingerprint density at radius 2 is 1.64 bits per heavy atom. The second kappa shape index (κ2) is 8.06. The highest BCUT2D eigenvalue weighted by Gasteiger charge is 2.01. The van der Waals surface area contributed by atoms with Gasteiger partial charge in [-0.25, -0.2) is 0 Å². The Bertz CT molecular complexity index is 67.3. The Kier molecular flexibility index (Phi) is 8.03. The lowest BCUT2D eigenvalue weighted by Gasteiger charge is -2.11. The molecule has 0 rings (SSSR count). The molecule has 0 aliphatic carbocycles. The zero-order valence-electron chi connectivity index (χ0n) is 8.23. The SMILES string of the molecule is CCCOCCC(CC)CC. The minimum Gasteiger partial charge on any atom is -0.381 e. The highest BCUT2D eigenvalue weighted by Crippen LogP contribution is 2.11. The monoisotopic (exact) mass is 158 g/mol. The van der Waals surface area contributed by atoms with Crippen LogP contribution in [0.3, 0.4) is 0 Å². The largest absolute Gasteiger partial charge is 0.381 e. The second-order valence-corrected chi connectivity index (χ2v) is 3.08. The maximum Gasteiger partial charge on any atom is 0.0468 e. The minimum atomic E-state index is 0.881. The quantitative estimate of drug-likeness (QED) is 0.517. The Balaban J connectivity index is 3.07. The third-order valence-corrected chi connectivity index (χ3v) is 2.17. The van der Waals surface area contributed by atoms with Crippen molar-refractivity contribution in [1.82, 2.24) is 0 Å². The molecule has 0 aliphatic heterocycles. The van der Waals surface area contributed by atoms with Crippen LogP contribution in [0.4, 0.5) is 0 Å². The van der Waals surface area contributed by atoms with Gasteiger partial charge in [0.25, 0.3) is 0 Å². The van der Waals surface area contributed by atoms with Crippen molar-refractivity contribution in [1.29, 1.82) is 0 Å². The van der Waals surface area contributed by atoms with E-state index in [1.807, 2.05) is 0 Å². The van der Waals surface area contributed by atoms with E-state index < -0.39 is 0 Å². The van der Waals surface area contributed by atoms with Crippen LogP contribution in [0, 0.1) is 5.92 Å². The molecule has 1 nitrogen and oxygen atoms in total. The summed E-state index contributed by atoms with van der Waals surface area (Å²) in [5, 5.41) is 0. The van der Waals surface area contributed by atoms with Crippen molar-refractivity contribution in [3.8, 4) is 0 Å². The minimum absolute atomic E-state index is 0.881. The van der Waals surface area contributed by atoms with Crippen LogP contribution in [-0.2, 0) is 4.74 Å². The van der Waals surface area contributed by atoms with E-state index in [9.17, 15) is 0 Å². The molecule has 0 spiro atoms. The second-order valence-electron chi connectivity index (χ2n) is 3.08. The van der Waals surface area contributed by atoms with Gasteiger partial charge in [-0.15, -0.1) is 0 Å². The van der Waals surface area contributed by atoms with E-state index in [0.29, 0.717) is 0 Å². The summed E-state index contributed by atoms with van der Waals surface area (Å²) >= 11 is 0. The van der Waals surface area contributed by atoms with Gasteiger partial charge in [0.1, 0.15) is 0 Å².